The topological polar surface area (TPSA) is 44.0 Å². The second-order valence-corrected chi connectivity index (χ2v) is 5.27. The van der Waals surface area contributed by atoms with Gasteiger partial charge in [-0.15, -0.1) is 0 Å². The molecule has 2 nitrogen and oxygen atoms in total. The van der Waals surface area contributed by atoms with Crippen LogP contribution in [-0.2, 0) is 5.41 Å². The molecule has 0 aliphatic rings. The Morgan fingerprint density at radius 3 is 2.20 bits per heavy atom. The first-order valence-corrected chi connectivity index (χ1v) is 6.85. The fraction of sp³-hybridized carbons (Fsp3) is 0.278. The van der Waals surface area contributed by atoms with Gasteiger partial charge in [-0.1, -0.05) is 56.3 Å². The van der Waals surface area contributed by atoms with E-state index in [0.717, 1.165) is 17.5 Å². The molecule has 2 atom stereocenters. The van der Waals surface area contributed by atoms with E-state index in [9.17, 15) is 5.11 Å². The largest absolute Gasteiger partial charge is 0.387 e. The Morgan fingerprint density at radius 1 is 1.10 bits per heavy atom. The molecule has 0 aliphatic carbocycles. The monoisotopic (exact) mass is 265 g/mol. The molecule has 0 bridgehead atoms. The predicted octanol–water partition coefficient (Wildman–Crippen LogP) is 3.96. The minimum atomic E-state index is -0.595. The highest BCUT2D eigenvalue weighted by molar-refractivity contribution is 5.36. The van der Waals surface area contributed by atoms with Crippen molar-refractivity contribution in [3.8, 4) is 6.07 Å². The summed E-state index contributed by atoms with van der Waals surface area (Å²) in [7, 11) is 0. The zero-order chi connectivity index (χ0) is 14.6. The molecule has 2 aromatic rings. The Bertz CT molecular complexity index is 598. The van der Waals surface area contributed by atoms with E-state index in [1.54, 1.807) is 12.1 Å². The molecule has 0 saturated carbocycles. The smallest absolute Gasteiger partial charge is 0.0991 e. The Kier molecular flexibility index (Phi) is 4.22. The summed E-state index contributed by atoms with van der Waals surface area (Å²) in [5, 5.41) is 19.6. The van der Waals surface area contributed by atoms with Gasteiger partial charge in [0.05, 0.1) is 17.7 Å². The molecule has 1 N–H and O–H groups in total. The van der Waals surface area contributed by atoms with E-state index in [4.69, 9.17) is 5.26 Å². The van der Waals surface area contributed by atoms with Crippen LogP contribution in [0.3, 0.4) is 0 Å². The van der Waals surface area contributed by atoms with Crippen LogP contribution >= 0.6 is 0 Å². The zero-order valence-corrected chi connectivity index (χ0v) is 11.9. The van der Waals surface area contributed by atoms with Gasteiger partial charge in [-0.3, -0.25) is 0 Å². The van der Waals surface area contributed by atoms with Gasteiger partial charge in [-0.05, 0) is 29.7 Å². The Morgan fingerprint density at radius 2 is 1.70 bits per heavy atom. The summed E-state index contributed by atoms with van der Waals surface area (Å²) >= 11 is 0. The standard InChI is InChI=1S/C18H19NO/c1-3-18(2,16-7-5-4-6-8-16)17(20)15-11-9-14(13-19)10-12-15/h4-12,17,20H,3H2,1-2H3/t17?,18-/m1/s1. The third kappa shape index (κ3) is 2.59. The van der Waals surface area contributed by atoms with Gasteiger partial charge in [-0.25, -0.2) is 0 Å². The van der Waals surface area contributed by atoms with Gasteiger partial charge in [0.25, 0.3) is 0 Å². The van der Waals surface area contributed by atoms with E-state index >= 15 is 0 Å². The van der Waals surface area contributed by atoms with Crippen molar-refractivity contribution in [3.63, 3.8) is 0 Å². The SMILES string of the molecule is CC[C@](C)(c1ccccc1)C(O)c1ccc(C#N)cc1. The van der Waals surface area contributed by atoms with Gasteiger partial charge in [0, 0.05) is 5.41 Å². The molecule has 2 rings (SSSR count). The molecule has 0 heterocycles. The molecule has 0 amide bonds. The second-order valence-electron chi connectivity index (χ2n) is 5.27. The fourth-order valence-electron chi connectivity index (χ4n) is 2.48. The first-order chi connectivity index (χ1) is 9.61. The summed E-state index contributed by atoms with van der Waals surface area (Å²) in [4.78, 5) is 0. The lowest BCUT2D eigenvalue weighted by molar-refractivity contribution is 0.0869. The summed E-state index contributed by atoms with van der Waals surface area (Å²) in [5.74, 6) is 0. The predicted molar refractivity (Wildman–Crippen MR) is 80.2 cm³/mol. The van der Waals surface area contributed by atoms with Gasteiger partial charge < -0.3 is 5.11 Å². The van der Waals surface area contributed by atoms with E-state index in [1.165, 1.54) is 0 Å². The van der Waals surface area contributed by atoms with Gasteiger partial charge >= 0.3 is 0 Å². The van der Waals surface area contributed by atoms with Crippen LogP contribution in [0.25, 0.3) is 0 Å². The number of hydrogen-bond donors (Lipinski definition) is 1. The maximum atomic E-state index is 10.8. The molecule has 0 aliphatic heterocycles. The molecular formula is C18H19NO. The third-order valence-electron chi connectivity index (χ3n) is 4.13. The molecule has 0 aromatic heterocycles. The highest BCUT2D eigenvalue weighted by Crippen LogP contribution is 2.39. The normalized spacial score (nSPS) is 15.1. The number of hydrogen-bond acceptors (Lipinski definition) is 2. The average Bonchev–Trinajstić information content (AvgIpc) is 2.54. The van der Waals surface area contributed by atoms with E-state index in [0.29, 0.717) is 5.56 Å². The lowest BCUT2D eigenvalue weighted by Crippen LogP contribution is -2.29. The highest BCUT2D eigenvalue weighted by atomic mass is 16.3. The fourth-order valence-corrected chi connectivity index (χ4v) is 2.48. The zero-order valence-electron chi connectivity index (χ0n) is 11.9. The third-order valence-corrected chi connectivity index (χ3v) is 4.13. The van der Waals surface area contributed by atoms with E-state index in [2.05, 4.69) is 32.0 Å². The molecular weight excluding hydrogens is 246 g/mol. The van der Waals surface area contributed by atoms with E-state index in [-0.39, 0.29) is 5.41 Å². The summed E-state index contributed by atoms with van der Waals surface area (Å²) in [6.45, 7) is 4.16. The molecule has 2 aromatic carbocycles. The van der Waals surface area contributed by atoms with Crippen LogP contribution in [0.2, 0.25) is 0 Å². The quantitative estimate of drug-likeness (QED) is 0.909. The summed E-state index contributed by atoms with van der Waals surface area (Å²) in [5.41, 5.74) is 2.24. The highest BCUT2D eigenvalue weighted by Gasteiger charge is 2.33. The number of aliphatic hydroxyl groups is 1. The van der Waals surface area contributed by atoms with Crippen molar-refractivity contribution >= 4 is 0 Å². The Hall–Kier alpha value is -2.11. The molecule has 0 fully saturated rings. The van der Waals surface area contributed by atoms with Gasteiger partial charge in [0.2, 0.25) is 0 Å². The lowest BCUT2D eigenvalue weighted by atomic mass is 9.73. The number of nitriles is 1. The second kappa shape index (κ2) is 5.90. The molecule has 0 spiro atoms. The van der Waals surface area contributed by atoms with Crippen LogP contribution in [0.1, 0.15) is 43.1 Å². The van der Waals surface area contributed by atoms with Crippen LogP contribution in [0.15, 0.2) is 54.6 Å². The number of benzene rings is 2. The lowest BCUT2D eigenvalue weighted by Gasteiger charge is -2.34. The van der Waals surface area contributed by atoms with Crippen molar-refractivity contribution in [1.29, 1.82) is 5.26 Å². The van der Waals surface area contributed by atoms with Crippen molar-refractivity contribution in [2.75, 3.05) is 0 Å². The van der Waals surface area contributed by atoms with Crippen molar-refractivity contribution < 1.29 is 5.11 Å². The van der Waals surface area contributed by atoms with Crippen LogP contribution < -0.4 is 0 Å². The summed E-state index contributed by atoms with van der Waals surface area (Å²) in [6, 6.07) is 19.3. The van der Waals surface area contributed by atoms with Gasteiger partial charge in [-0.2, -0.15) is 5.26 Å². The van der Waals surface area contributed by atoms with Crippen LogP contribution in [0.4, 0.5) is 0 Å². The number of aliphatic hydroxyl groups excluding tert-OH is 1. The molecule has 0 radical (unpaired) electrons. The number of rotatable bonds is 4. The van der Waals surface area contributed by atoms with Crippen molar-refractivity contribution in [3.05, 3.63) is 71.3 Å². The molecule has 0 saturated heterocycles. The van der Waals surface area contributed by atoms with Crippen LogP contribution in [-0.4, -0.2) is 5.11 Å². The van der Waals surface area contributed by atoms with Gasteiger partial charge in [0.15, 0.2) is 0 Å². The Labute approximate surface area is 120 Å². The molecule has 102 valence electrons. The minimum Gasteiger partial charge on any atom is -0.387 e. The molecule has 20 heavy (non-hydrogen) atoms. The first kappa shape index (κ1) is 14.3. The van der Waals surface area contributed by atoms with Crippen molar-refractivity contribution in [2.24, 2.45) is 0 Å². The first-order valence-electron chi connectivity index (χ1n) is 6.85. The minimum absolute atomic E-state index is 0.338. The van der Waals surface area contributed by atoms with Crippen molar-refractivity contribution in [2.45, 2.75) is 31.8 Å². The molecule has 2 heteroatoms. The maximum absolute atomic E-state index is 10.8. The average molecular weight is 265 g/mol. The van der Waals surface area contributed by atoms with Crippen molar-refractivity contribution in [1.82, 2.24) is 0 Å². The van der Waals surface area contributed by atoms with E-state index < -0.39 is 6.10 Å². The summed E-state index contributed by atoms with van der Waals surface area (Å²) in [6.07, 6.45) is 0.237. The molecule has 1 unspecified atom stereocenters. The van der Waals surface area contributed by atoms with Crippen LogP contribution in [0, 0.1) is 11.3 Å². The number of nitrogens with zero attached hydrogens (tertiary/aromatic N) is 1. The van der Waals surface area contributed by atoms with E-state index in [1.807, 2.05) is 30.3 Å². The summed E-state index contributed by atoms with van der Waals surface area (Å²) < 4.78 is 0. The van der Waals surface area contributed by atoms with Crippen LogP contribution in [0.5, 0.6) is 0 Å². The maximum Gasteiger partial charge on any atom is 0.0991 e. The Balaban J connectivity index is 2.38. The van der Waals surface area contributed by atoms with Gasteiger partial charge in [0.1, 0.15) is 0 Å².